The van der Waals surface area contributed by atoms with Crippen molar-refractivity contribution in [2.24, 2.45) is 0 Å². The molecule has 1 saturated heterocycles. The fraction of sp³-hybridized carbons (Fsp3) is 0.375. The Hall–Kier alpha value is -1.94. The van der Waals surface area contributed by atoms with Crippen LogP contribution in [-0.2, 0) is 0 Å². The molecule has 1 aliphatic rings. The molecule has 0 aliphatic carbocycles. The summed E-state index contributed by atoms with van der Waals surface area (Å²) in [5.74, 6) is 0.912. The molecule has 104 valence electrons. The molecule has 3 rings (SSSR count). The maximum absolute atomic E-state index is 10.4. The van der Waals surface area contributed by atoms with Crippen LogP contribution in [0.15, 0.2) is 48.9 Å². The van der Waals surface area contributed by atoms with Crippen molar-refractivity contribution in [1.82, 2.24) is 9.97 Å². The van der Waals surface area contributed by atoms with Crippen molar-refractivity contribution in [2.75, 3.05) is 11.4 Å². The average molecular weight is 269 g/mol. The summed E-state index contributed by atoms with van der Waals surface area (Å²) in [6.07, 6.45) is 7.77. The summed E-state index contributed by atoms with van der Waals surface area (Å²) >= 11 is 0. The van der Waals surface area contributed by atoms with Crippen LogP contribution >= 0.6 is 0 Å². The fourth-order valence-electron chi connectivity index (χ4n) is 2.89. The van der Waals surface area contributed by atoms with Crippen LogP contribution in [0.5, 0.6) is 0 Å². The lowest BCUT2D eigenvalue weighted by Crippen LogP contribution is -2.31. The summed E-state index contributed by atoms with van der Waals surface area (Å²) < 4.78 is 0. The van der Waals surface area contributed by atoms with Crippen LogP contribution in [0, 0.1) is 0 Å². The number of aliphatic hydroxyl groups excluding tert-OH is 1. The summed E-state index contributed by atoms with van der Waals surface area (Å²) in [5.41, 5.74) is 0.985. The van der Waals surface area contributed by atoms with Crippen LogP contribution in [0.1, 0.15) is 30.9 Å². The number of nitrogens with zero attached hydrogens (tertiary/aromatic N) is 3. The Bertz CT molecular complexity index is 532. The lowest BCUT2D eigenvalue weighted by molar-refractivity contribution is 0.158. The van der Waals surface area contributed by atoms with Gasteiger partial charge in [-0.25, -0.2) is 4.98 Å². The van der Waals surface area contributed by atoms with Gasteiger partial charge in [-0.1, -0.05) is 30.3 Å². The first-order valence-electron chi connectivity index (χ1n) is 7.10. The number of hydrogen-bond donors (Lipinski definition) is 1. The van der Waals surface area contributed by atoms with E-state index >= 15 is 0 Å². The molecule has 1 aromatic heterocycles. The van der Waals surface area contributed by atoms with Crippen molar-refractivity contribution in [3.05, 3.63) is 54.5 Å². The van der Waals surface area contributed by atoms with E-state index in [1.807, 2.05) is 30.3 Å². The van der Waals surface area contributed by atoms with Gasteiger partial charge in [0.25, 0.3) is 0 Å². The first kappa shape index (κ1) is 13.1. The maximum Gasteiger partial charge on any atom is 0.147 e. The minimum atomic E-state index is -0.418. The van der Waals surface area contributed by atoms with E-state index in [9.17, 15) is 5.11 Å². The molecule has 0 radical (unpaired) electrons. The molecule has 1 fully saturated rings. The van der Waals surface area contributed by atoms with E-state index in [-0.39, 0.29) is 0 Å². The highest BCUT2D eigenvalue weighted by molar-refractivity contribution is 5.38. The third-order valence-electron chi connectivity index (χ3n) is 3.90. The molecule has 1 aliphatic heterocycles. The van der Waals surface area contributed by atoms with Gasteiger partial charge in [0.1, 0.15) is 5.82 Å². The Morgan fingerprint density at radius 3 is 2.85 bits per heavy atom. The zero-order valence-corrected chi connectivity index (χ0v) is 11.4. The Labute approximate surface area is 119 Å². The summed E-state index contributed by atoms with van der Waals surface area (Å²) in [4.78, 5) is 10.8. The molecule has 2 heterocycles. The van der Waals surface area contributed by atoms with Gasteiger partial charge in [0.15, 0.2) is 0 Å². The van der Waals surface area contributed by atoms with E-state index in [1.54, 1.807) is 18.6 Å². The predicted molar refractivity (Wildman–Crippen MR) is 78.4 cm³/mol. The second-order valence-corrected chi connectivity index (χ2v) is 5.22. The maximum atomic E-state index is 10.4. The Morgan fingerprint density at radius 2 is 2.10 bits per heavy atom. The number of aromatic nitrogens is 2. The topological polar surface area (TPSA) is 49.2 Å². The Kier molecular flexibility index (Phi) is 3.92. The SMILES string of the molecule is O[C@H](C[C@H]1CCCN1c1cnccn1)c1ccccc1. The minimum Gasteiger partial charge on any atom is -0.388 e. The monoisotopic (exact) mass is 269 g/mol. The summed E-state index contributed by atoms with van der Waals surface area (Å²) in [7, 11) is 0. The molecule has 1 aromatic carbocycles. The van der Waals surface area contributed by atoms with Crippen LogP contribution in [0.25, 0.3) is 0 Å². The van der Waals surface area contributed by atoms with E-state index < -0.39 is 6.10 Å². The largest absolute Gasteiger partial charge is 0.388 e. The molecule has 0 saturated carbocycles. The lowest BCUT2D eigenvalue weighted by Gasteiger charge is -2.27. The normalized spacial score (nSPS) is 20.1. The number of rotatable bonds is 4. The Balaban J connectivity index is 1.70. The number of benzene rings is 1. The van der Waals surface area contributed by atoms with Gasteiger partial charge in [0.2, 0.25) is 0 Å². The first-order valence-corrected chi connectivity index (χ1v) is 7.10. The van der Waals surface area contributed by atoms with Crippen LogP contribution < -0.4 is 4.90 Å². The van der Waals surface area contributed by atoms with Crippen molar-refractivity contribution in [1.29, 1.82) is 0 Å². The van der Waals surface area contributed by atoms with Crippen LogP contribution in [0.2, 0.25) is 0 Å². The number of anilines is 1. The zero-order valence-electron chi connectivity index (χ0n) is 11.4. The summed E-state index contributed by atoms with van der Waals surface area (Å²) in [6.45, 7) is 0.991. The fourth-order valence-corrected chi connectivity index (χ4v) is 2.89. The number of hydrogen-bond acceptors (Lipinski definition) is 4. The molecule has 0 spiro atoms. The van der Waals surface area contributed by atoms with Gasteiger partial charge in [-0.05, 0) is 24.8 Å². The Morgan fingerprint density at radius 1 is 1.25 bits per heavy atom. The van der Waals surface area contributed by atoms with Crippen LogP contribution in [-0.4, -0.2) is 27.7 Å². The molecule has 20 heavy (non-hydrogen) atoms. The highest BCUT2D eigenvalue weighted by Crippen LogP contribution is 2.29. The highest BCUT2D eigenvalue weighted by Gasteiger charge is 2.28. The third-order valence-corrected chi connectivity index (χ3v) is 3.90. The average Bonchev–Trinajstić information content (AvgIpc) is 2.97. The second kappa shape index (κ2) is 6.01. The van der Waals surface area contributed by atoms with Gasteiger partial charge < -0.3 is 10.0 Å². The van der Waals surface area contributed by atoms with Crippen LogP contribution in [0.4, 0.5) is 5.82 Å². The van der Waals surface area contributed by atoms with E-state index in [0.29, 0.717) is 6.04 Å². The van der Waals surface area contributed by atoms with Crippen molar-refractivity contribution in [3.63, 3.8) is 0 Å². The van der Waals surface area contributed by atoms with Gasteiger partial charge in [-0.15, -0.1) is 0 Å². The molecule has 4 nitrogen and oxygen atoms in total. The van der Waals surface area contributed by atoms with Crippen molar-refractivity contribution >= 4 is 5.82 Å². The lowest BCUT2D eigenvalue weighted by atomic mass is 10.0. The van der Waals surface area contributed by atoms with E-state index in [1.165, 1.54) is 0 Å². The van der Waals surface area contributed by atoms with Crippen molar-refractivity contribution < 1.29 is 5.11 Å². The van der Waals surface area contributed by atoms with Gasteiger partial charge in [0, 0.05) is 25.0 Å². The van der Waals surface area contributed by atoms with Crippen molar-refractivity contribution in [3.8, 4) is 0 Å². The van der Waals surface area contributed by atoms with E-state index in [4.69, 9.17) is 0 Å². The minimum absolute atomic E-state index is 0.335. The molecule has 0 unspecified atom stereocenters. The van der Waals surface area contributed by atoms with Crippen LogP contribution in [0.3, 0.4) is 0 Å². The molecule has 0 amide bonds. The smallest absolute Gasteiger partial charge is 0.147 e. The molecular weight excluding hydrogens is 250 g/mol. The third kappa shape index (κ3) is 2.80. The molecule has 4 heteroatoms. The quantitative estimate of drug-likeness (QED) is 0.926. The zero-order chi connectivity index (χ0) is 13.8. The second-order valence-electron chi connectivity index (χ2n) is 5.22. The summed E-state index contributed by atoms with van der Waals surface area (Å²) in [6, 6.07) is 10.2. The van der Waals surface area contributed by atoms with Gasteiger partial charge in [0.05, 0.1) is 12.3 Å². The molecule has 1 N–H and O–H groups in total. The molecule has 0 bridgehead atoms. The van der Waals surface area contributed by atoms with E-state index in [2.05, 4.69) is 14.9 Å². The number of aliphatic hydroxyl groups is 1. The van der Waals surface area contributed by atoms with Gasteiger partial charge in [-0.2, -0.15) is 0 Å². The van der Waals surface area contributed by atoms with Crippen molar-refractivity contribution in [2.45, 2.75) is 31.4 Å². The first-order chi connectivity index (χ1) is 9.84. The predicted octanol–water partition coefficient (Wildman–Crippen LogP) is 2.57. The molecular formula is C16H19N3O. The van der Waals surface area contributed by atoms with Gasteiger partial charge in [-0.3, -0.25) is 4.98 Å². The van der Waals surface area contributed by atoms with E-state index in [0.717, 1.165) is 37.2 Å². The molecule has 2 atom stereocenters. The molecule has 2 aromatic rings. The van der Waals surface area contributed by atoms with Gasteiger partial charge >= 0.3 is 0 Å². The summed E-state index contributed by atoms with van der Waals surface area (Å²) in [5, 5.41) is 10.4. The standard InChI is InChI=1S/C16H19N3O/c20-15(13-5-2-1-3-6-13)11-14-7-4-10-19(14)16-12-17-8-9-18-16/h1-3,5-6,8-9,12,14-15,20H,4,7,10-11H2/t14-,15-/m1/s1. The highest BCUT2D eigenvalue weighted by atomic mass is 16.3.